The van der Waals surface area contributed by atoms with E-state index in [1.54, 1.807) is 0 Å². The van der Waals surface area contributed by atoms with Gasteiger partial charge in [0, 0.05) is 12.7 Å². The van der Waals surface area contributed by atoms with Crippen molar-refractivity contribution >= 4 is 35.9 Å². The summed E-state index contributed by atoms with van der Waals surface area (Å²) in [6.45, 7) is 12.5. The van der Waals surface area contributed by atoms with Gasteiger partial charge < -0.3 is 17.1 Å². The summed E-state index contributed by atoms with van der Waals surface area (Å²) in [5.74, 6) is 0. The Bertz CT molecular complexity index is 205. The summed E-state index contributed by atoms with van der Waals surface area (Å²) in [5.41, 5.74) is 0. The number of ether oxygens (including phenoxy) is 1. The van der Waals surface area contributed by atoms with Gasteiger partial charge in [0.1, 0.15) is 0 Å². The van der Waals surface area contributed by atoms with Crippen LogP contribution in [0, 0.1) is 0 Å². The van der Waals surface area contributed by atoms with E-state index >= 15 is 0 Å². The third kappa shape index (κ3) is 10.1. The first-order valence-electron chi connectivity index (χ1n) is 6.98. The zero-order valence-electron chi connectivity index (χ0n) is 13.1. The van der Waals surface area contributed by atoms with Crippen molar-refractivity contribution in [3.05, 3.63) is 0 Å². The van der Waals surface area contributed by atoms with Crippen molar-refractivity contribution in [1.29, 1.82) is 0 Å². The summed E-state index contributed by atoms with van der Waals surface area (Å²) in [5, 5.41) is 0. The first-order valence-corrected chi connectivity index (χ1v) is 17.3. The van der Waals surface area contributed by atoms with Gasteiger partial charge in [-0.1, -0.05) is 0 Å². The Labute approximate surface area is 123 Å². The van der Waals surface area contributed by atoms with Crippen molar-refractivity contribution < 1.29 is 21.5 Å². The maximum absolute atomic E-state index is 12.0. The van der Waals surface area contributed by atoms with Crippen molar-refractivity contribution in [2.75, 3.05) is 13.5 Å². The molecule has 0 rings (SSSR count). The van der Waals surface area contributed by atoms with E-state index in [-0.39, 0.29) is 0 Å². The third-order valence-corrected chi connectivity index (χ3v) is 13.0. The van der Waals surface area contributed by atoms with E-state index in [9.17, 15) is 4.39 Å². The lowest BCUT2D eigenvalue weighted by molar-refractivity contribution is 0.0569. The fourth-order valence-corrected chi connectivity index (χ4v) is 14.6. The molecule has 116 valence electrons. The second-order valence-electron chi connectivity index (χ2n) is 5.30. The topological polar surface area (TPSA) is 36.9 Å². The molecule has 0 spiro atoms. The fourth-order valence-electron chi connectivity index (χ4n) is 1.78. The normalized spacial score (nSPS) is 12.9. The molecule has 0 aliphatic carbocycles. The lowest BCUT2D eigenvalue weighted by Gasteiger charge is -2.35. The van der Waals surface area contributed by atoms with E-state index in [1.165, 1.54) is 0 Å². The van der Waals surface area contributed by atoms with Crippen LogP contribution in [0.15, 0.2) is 0 Å². The molecule has 19 heavy (non-hydrogen) atoms. The van der Waals surface area contributed by atoms with Crippen LogP contribution in [0.2, 0.25) is 45.3 Å². The molecule has 0 amide bonds. The second-order valence-corrected chi connectivity index (χ2v) is 16.3. The zero-order chi connectivity index (χ0) is 14.9. The number of hydrogen-bond acceptors (Lipinski definition) is 4. The van der Waals surface area contributed by atoms with Gasteiger partial charge in [0.05, 0.1) is 0 Å². The van der Waals surface area contributed by atoms with Gasteiger partial charge in [0.2, 0.25) is 0 Å². The number of alkyl halides is 1. The van der Waals surface area contributed by atoms with E-state index in [1.807, 2.05) is 0 Å². The lowest BCUT2D eigenvalue weighted by atomic mass is 10.5. The molecule has 0 aliphatic heterocycles. The number of rotatable bonds is 11. The Balaban J connectivity index is 4.68. The molecule has 0 aromatic heterocycles. The summed E-state index contributed by atoms with van der Waals surface area (Å²) in [6.07, 6.45) is 0.736. The van der Waals surface area contributed by atoms with E-state index in [2.05, 4.69) is 39.3 Å². The predicted molar refractivity (Wildman–Crippen MR) is 87.0 cm³/mol. The molecular weight excluding hydrogens is 315 g/mol. The molecule has 0 unspecified atom stereocenters. The molecule has 0 N–H and O–H groups in total. The highest BCUT2D eigenvalue weighted by atomic mass is 28.5. The average molecular weight is 345 g/mol. The van der Waals surface area contributed by atoms with E-state index in [4.69, 9.17) is 17.1 Å². The monoisotopic (exact) mass is 344 g/mol. The standard InChI is InChI=1S/C10H29FO4Si4/c1-16(2)13-19(14-17(3)4,15-18(5)6)9-7-8-12-10-11/h16-18H,7-10H2,1-6H3. The van der Waals surface area contributed by atoms with Crippen LogP contribution in [0.4, 0.5) is 4.39 Å². The van der Waals surface area contributed by atoms with Crippen LogP contribution in [0.25, 0.3) is 0 Å². The van der Waals surface area contributed by atoms with E-state index < -0.39 is 42.8 Å². The molecule has 0 aromatic carbocycles. The van der Waals surface area contributed by atoms with Crippen LogP contribution in [0.1, 0.15) is 6.42 Å². The van der Waals surface area contributed by atoms with Crippen molar-refractivity contribution in [2.24, 2.45) is 0 Å². The molecule has 0 aromatic rings. The molecule has 0 saturated heterocycles. The molecule has 0 saturated carbocycles. The van der Waals surface area contributed by atoms with Crippen molar-refractivity contribution in [2.45, 2.75) is 51.7 Å². The maximum atomic E-state index is 12.0. The number of hydrogen-bond donors (Lipinski definition) is 0. The van der Waals surface area contributed by atoms with Gasteiger partial charge in [-0.25, -0.2) is 4.39 Å². The van der Waals surface area contributed by atoms with Crippen molar-refractivity contribution in [3.8, 4) is 0 Å². The summed E-state index contributed by atoms with van der Waals surface area (Å²) in [4.78, 5) is 0. The molecular formula is C10H29FO4Si4. The first-order chi connectivity index (χ1) is 8.81. The SMILES string of the molecule is C[SiH](C)O[Si](CCCOCF)(O[SiH](C)C)O[SiH](C)C. The van der Waals surface area contributed by atoms with Crippen LogP contribution in [0.5, 0.6) is 0 Å². The summed E-state index contributed by atoms with van der Waals surface area (Å²) in [7, 11) is -6.24. The quantitative estimate of drug-likeness (QED) is 0.425. The van der Waals surface area contributed by atoms with Crippen molar-refractivity contribution in [1.82, 2.24) is 0 Å². The predicted octanol–water partition coefficient (Wildman–Crippen LogP) is 2.26. The summed E-state index contributed by atoms with van der Waals surface area (Å²) in [6, 6.07) is 0.745. The van der Waals surface area contributed by atoms with Gasteiger partial charge >= 0.3 is 8.80 Å². The third-order valence-electron chi connectivity index (χ3n) is 2.09. The Kier molecular flexibility index (Phi) is 10.7. The first kappa shape index (κ1) is 19.6. The van der Waals surface area contributed by atoms with Crippen LogP contribution >= 0.6 is 0 Å². The Hall–Kier alpha value is 0.638. The van der Waals surface area contributed by atoms with Crippen LogP contribution < -0.4 is 0 Å². The van der Waals surface area contributed by atoms with Crippen LogP contribution in [0.3, 0.4) is 0 Å². The maximum Gasteiger partial charge on any atom is 0.469 e. The van der Waals surface area contributed by atoms with Gasteiger partial charge in [-0.15, -0.1) is 0 Å². The van der Waals surface area contributed by atoms with E-state index in [0.29, 0.717) is 6.61 Å². The van der Waals surface area contributed by atoms with Gasteiger partial charge in [-0.3, -0.25) is 0 Å². The average Bonchev–Trinajstić information content (AvgIpc) is 2.21. The number of halogens is 1. The smallest absolute Gasteiger partial charge is 0.420 e. The molecule has 9 heteroatoms. The van der Waals surface area contributed by atoms with Crippen LogP contribution in [-0.2, 0) is 17.1 Å². The summed E-state index contributed by atoms with van der Waals surface area (Å²) < 4.78 is 35.3. The zero-order valence-corrected chi connectivity index (χ0v) is 17.5. The highest BCUT2D eigenvalue weighted by Crippen LogP contribution is 2.21. The van der Waals surface area contributed by atoms with Gasteiger partial charge in [-0.05, 0) is 45.7 Å². The second kappa shape index (κ2) is 10.4. The van der Waals surface area contributed by atoms with Gasteiger partial charge in [0.25, 0.3) is 0 Å². The molecule has 0 heterocycles. The highest BCUT2D eigenvalue weighted by Gasteiger charge is 2.42. The fraction of sp³-hybridized carbons (Fsp3) is 1.00. The van der Waals surface area contributed by atoms with Gasteiger partial charge in [-0.2, -0.15) is 0 Å². The van der Waals surface area contributed by atoms with Gasteiger partial charge in [0.15, 0.2) is 34.0 Å². The minimum atomic E-state index is -2.55. The minimum Gasteiger partial charge on any atom is -0.420 e. The Morgan fingerprint density at radius 3 is 1.58 bits per heavy atom. The minimum absolute atomic E-state index is 0.403. The van der Waals surface area contributed by atoms with Crippen molar-refractivity contribution in [3.63, 3.8) is 0 Å². The molecule has 0 radical (unpaired) electrons. The Morgan fingerprint density at radius 2 is 1.26 bits per heavy atom. The molecule has 0 atom stereocenters. The molecule has 0 aliphatic rings. The Morgan fingerprint density at radius 1 is 0.842 bits per heavy atom. The molecule has 4 nitrogen and oxygen atoms in total. The molecule has 0 bridgehead atoms. The lowest BCUT2D eigenvalue weighted by Crippen LogP contribution is -2.53. The summed E-state index contributed by atoms with van der Waals surface area (Å²) >= 11 is 0. The highest BCUT2D eigenvalue weighted by molar-refractivity contribution is 6.79. The van der Waals surface area contributed by atoms with E-state index in [0.717, 1.165) is 12.5 Å². The van der Waals surface area contributed by atoms with Crippen LogP contribution in [-0.4, -0.2) is 49.4 Å². The molecule has 0 fully saturated rings. The largest absolute Gasteiger partial charge is 0.469 e.